The van der Waals surface area contributed by atoms with Crippen LogP contribution in [0.25, 0.3) is 0 Å². The van der Waals surface area contributed by atoms with Crippen molar-refractivity contribution in [2.24, 2.45) is 0 Å². The first-order valence-electron chi connectivity index (χ1n) is 8.13. The summed E-state index contributed by atoms with van der Waals surface area (Å²) in [6, 6.07) is 3.81. The molecule has 1 aromatic rings. The highest BCUT2D eigenvalue weighted by Crippen LogP contribution is 2.26. The maximum atomic E-state index is 13.1. The number of nitrogens with zero attached hydrogens (tertiary/aromatic N) is 2. The normalized spacial score (nSPS) is 17.1. The highest BCUT2D eigenvalue weighted by atomic mass is 32.2. The van der Waals surface area contributed by atoms with E-state index in [9.17, 15) is 13.2 Å². The van der Waals surface area contributed by atoms with Gasteiger partial charge >= 0.3 is 0 Å². The molecule has 23 heavy (non-hydrogen) atoms. The molecule has 1 amide bonds. The van der Waals surface area contributed by atoms with Crippen molar-refractivity contribution in [3.63, 3.8) is 0 Å². The van der Waals surface area contributed by atoms with Crippen molar-refractivity contribution in [2.75, 3.05) is 26.2 Å². The van der Waals surface area contributed by atoms with E-state index in [0.717, 1.165) is 16.7 Å². The average Bonchev–Trinajstić information content (AvgIpc) is 2.71. The molecule has 2 rings (SSSR count). The molecule has 0 saturated carbocycles. The zero-order valence-electron chi connectivity index (χ0n) is 14.4. The van der Waals surface area contributed by atoms with E-state index in [1.807, 2.05) is 39.8 Å². The molecule has 1 fully saturated rings. The molecule has 128 valence electrons. The smallest absolute Gasteiger partial charge is 0.243 e. The summed E-state index contributed by atoms with van der Waals surface area (Å²) in [5.74, 6) is 0.0898. The number of hydrogen-bond donors (Lipinski definition) is 0. The predicted octanol–water partition coefficient (Wildman–Crippen LogP) is 2.24. The Morgan fingerprint density at radius 1 is 1.04 bits per heavy atom. The van der Waals surface area contributed by atoms with E-state index in [0.29, 0.717) is 43.9 Å². The molecular formula is C17H26N2O3S. The van der Waals surface area contributed by atoms with Crippen molar-refractivity contribution in [1.29, 1.82) is 0 Å². The molecule has 6 heteroatoms. The van der Waals surface area contributed by atoms with E-state index < -0.39 is 10.0 Å². The van der Waals surface area contributed by atoms with Gasteiger partial charge in [0.25, 0.3) is 0 Å². The lowest BCUT2D eigenvalue weighted by Gasteiger charge is -2.23. The van der Waals surface area contributed by atoms with Gasteiger partial charge in [-0.15, -0.1) is 0 Å². The third-order valence-corrected chi connectivity index (χ3v) is 6.52. The van der Waals surface area contributed by atoms with Gasteiger partial charge in [0.05, 0.1) is 4.90 Å². The second-order valence-electron chi connectivity index (χ2n) is 6.22. The molecule has 0 N–H and O–H groups in total. The molecule has 1 aliphatic rings. The molecule has 0 aromatic heterocycles. The van der Waals surface area contributed by atoms with Crippen LogP contribution in [-0.2, 0) is 14.8 Å². The number of sulfonamides is 1. The van der Waals surface area contributed by atoms with E-state index in [-0.39, 0.29) is 5.91 Å². The van der Waals surface area contributed by atoms with E-state index in [1.165, 1.54) is 4.31 Å². The van der Waals surface area contributed by atoms with Gasteiger partial charge in [0.15, 0.2) is 0 Å². The summed E-state index contributed by atoms with van der Waals surface area (Å²) >= 11 is 0. The lowest BCUT2D eigenvalue weighted by Crippen LogP contribution is -2.37. The number of benzene rings is 1. The number of hydrogen-bond acceptors (Lipinski definition) is 3. The Balaban J connectivity index is 2.29. The third kappa shape index (κ3) is 3.75. The van der Waals surface area contributed by atoms with Crippen LogP contribution >= 0.6 is 0 Å². The maximum Gasteiger partial charge on any atom is 0.243 e. The first-order valence-corrected chi connectivity index (χ1v) is 9.57. The quantitative estimate of drug-likeness (QED) is 0.849. The van der Waals surface area contributed by atoms with E-state index in [4.69, 9.17) is 0 Å². The van der Waals surface area contributed by atoms with E-state index >= 15 is 0 Å². The second-order valence-corrected chi connectivity index (χ2v) is 8.09. The summed E-state index contributed by atoms with van der Waals surface area (Å²) in [6.07, 6.45) is 1.14. The molecule has 0 bridgehead atoms. The Kier molecular flexibility index (Phi) is 5.47. The molecule has 0 atom stereocenters. The summed E-state index contributed by atoms with van der Waals surface area (Å²) in [6.45, 7) is 9.41. The van der Waals surface area contributed by atoms with Gasteiger partial charge in [-0.25, -0.2) is 8.42 Å². The number of amides is 1. The molecule has 1 aromatic carbocycles. The van der Waals surface area contributed by atoms with Crippen LogP contribution in [0.2, 0.25) is 0 Å². The van der Waals surface area contributed by atoms with Crippen molar-refractivity contribution < 1.29 is 13.2 Å². The van der Waals surface area contributed by atoms with Gasteiger partial charge in [-0.1, -0.05) is 24.6 Å². The first kappa shape index (κ1) is 17.9. The molecule has 0 aliphatic carbocycles. The largest absolute Gasteiger partial charge is 0.341 e. The first-order chi connectivity index (χ1) is 10.8. The van der Waals surface area contributed by atoms with Crippen LogP contribution in [0, 0.1) is 20.8 Å². The number of carbonyl (C=O) groups excluding carboxylic acids is 1. The van der Waals surface area contributed by atoms with Gasteiger partial charge in [-0.2, -0.15) is 4.31 Å². The fraction of sp³-hybridized carbons (Fsp3) is 0.588. The Labute approximate surface area is 139 Å². The fourth-order valence-electron chi connectivity index (χ4n) is 3.31. The Morgan fingerprint density at radius 2 is 1.65 bits per heavy atom. The van der Waals surface area contributed by atoms with E-state index in [2.05, 4.69) is 0 Å². The summed E-state index contributed by atoms with van der Waals surface area (Å²) in [5.41, 5.74) is 2.64. The predicted molar refractivity (Wildman–Crippen MR) is 90.9 cm³/mol. The Morgan fingerprint density at radius 3 is 2.22 bits per heavy atom. The van der Waals surface area contributed by atoms with Crippen LogP contribution in [-0.4, -0.2) is 49.7 Å². The Hall–Kier alpha value is -1.40. The molecule has 5 nitrogen and oxygen atoms in total. The van der Waals surface area contributed by atoms with E-state index in [1.54, 1.807) is 4.90 Å². The van der Waals surface area contributed by atoms with Gasteiger partial charge in [0, 0.05) is 32.6 Å². The topological polar surface area (TPSA) is 57.7 Å². The molecular weight excluding hydrogens is 312 g/mol. The van der Waals surface area contributed by atoms with Crippen LogP contribution in [0.4, 0.5) is 0 Å². The zero-order valence-corrected chi connectivity index (χ0v) is 15.2. The van der Waals surface area contributed by atoms with Gasteiger partial charge in [-0.3, -0.25) is 4.79 Å². The van der Waals surface area contributed by atoms with Gasteiger partial charge in [-0.05, 0) is 38.3 Å². The molecule has 0 spiro atoms. The van der Waals surface area contributed by atoms with Crippen molar-refractivity contribution in [1.82, 2.24) is 9.21 Å². The van der Waals surface area contributed by atoms with Crippen LogP contribution in [0.15, 0.2) is 17.0 Å². The summed E-state index contributed by atoms with van der Waals surface area (Å²) < 4.78 is 27.7. The van der Waals surface area contributed by atoms with Crippen LogP contribution in [0.5, 0.6) is 0 Å². The van der Waals surface area contributed by atoms with Gasteiger partial charge in [0.2, 0.25) is 15.9 Å². The standard InChI is InChI=1S/C17H26N2O3S/c1-5-16(20)18-7-6-8-19(10-9-18)23(21,22)17-14(3)11-13(2)12-15(17)4/h11-12H,5-10H2,1-4H3. The van der Waals surface area contributed by atoms with Crippen molar-refractivity contribution in [3.05, 3.63) is 28.8 Å². The molecule has 0 radical (unpaired) electrons. The Bertz CT molecular complexity index is 675. The van der Waals surface area contributed by atoms with Crippen molar-refractivity contribution >= 4 is 15.9 Å². The minimum absolute atomic E-state index is 0.0898. The lowest BCUT2D eigenvalue weighted by atomic mass is 10.1. The molecule has 0 unspecified atom stereocenters. The molecule has 1 heterocycles. The van der Waals surface area contributed by atoms with Crippen molar-refractivity contribution in [3.8, 4) is 0 Å². The number of aryl methyl sites for hydroxylation is 3. The van der Waals surface area contributed by atoms with Gasteiger partial charge in [0.1, 0.15) is 0 Å². The third-order valence-electron chi connectivity index (χ3n) is 4.31. The minimum atomic E-state index is -3.52. The average molecular weight is 338 g/mol. The van der Waals surface area contributed by atoms with Gasteiger partial charge < -0.3 is 4.90 Å². The maximum absolute atomic E-state index is 13.1. The van der Waals surface area contributed by atoms with Crippen LogP contribution in [0.1, 0.15) is 36.5 Å². The SMILES string of the molecule is CCC(=O)N1CCCN(S(=O)(=O)c2c(C)cc(C)cc2C)CC1. The highest BCUT2D eigenvalue weighted by molar-refractivity contribution is 7.89. The van der Waals surface area contributed by atoms with Crippen LogP contribution in [0.3, 0.4) is 0 Å². The fourth-order valence-corrected chi connectivity index (χ4v) is 5.19. The monoisotopic (exact) mass is 338 g/mol. The second kappa shape index (κ2) is 7.01. The summed E-state index contributed by atoms with van der Waals surface area (Å²) in [7, 11) is -3.52. The number of carbonyl (C=O) groups is 1. The highest BCUT2D eigenvalue weighted by Gasteiger charge is 2.30. The number of rotatable bonds is 3. The zero-order chi connectivity index (χ0) is 17.2. The lowest BCUT2D eigenvalue weighted by molar-refractivity contribution is -0.130. The summed E-state index contributed by atoms with van der Waals surface area (Å²) in [4.78, 5) is 14.0. The van der Waals surface area contributed by atoms with Crippen LogP contribution < -0.4 is 0 Å². The molecule has 1 saturated heterocycles. The molecule has 1 aliphatic heterocycles. The summed E-state index contributed by atoms with van der Waals surface area (Å²) in [5, 5.41) is 0. The van der Waals surface area contributed by atoms with Crippen molar-refractivity contribution in [2.45, 2.75) is 45.4 Å². The minimum Gasteiger partial charge on any atom is -0.341 e.